The molecule has 0 saturated heterocycles. The third kappa shape index (κ3) is 2.12. The van der Waals surface area contributed by atoms with Gasteiger partial charge in [0, 0.05) is 13.1 Å². The van der Waals surface area contributed by atoms with E-state index in [4.69, 9.17) is 5.73 Å². The van der Waals surface area contributed by atoms with Crippen molar-refractivity contribution in [3.05, 3.63) is 0 Å². The number of carbonyl (C=O) groups is 1. The van der Waals surface area contributed by atoms with Crippen LogP contribution in [0.3, 0.4) is 0 Å². The van der Waals surface area contributed by atoms with E-state index in [1.807, 2.05) is 6.92 Å². The molecule has 1 rings (SSSR count). The fraction of sp³-hybridized carbons (Fsp3) is 0.800. The van der Waals surface area contributed by atoms with Crippen molar-refractivity contribution in [1.29, 1.82) is 0 Å². The van der Waals surface area contributed by atoms with Crippen LogP contribution < -0.4 is 5.73 Å². The van der Waals surface area contributed by atoms with Gasteiger partial charge in [-0.3, -0.25) is 4.79 Å². The second kappa shape index (κ2) is 4.09. The molecule has 4 heteroatoms. The minimum absolute atomic E-state index is 0.0409. The van der Waals surface area contributed by atoms with Crippen LogP contribution in [0.25, 0.3) is 0 Å². The van der Waals surface area contributed by atoms with Gasteiger partial charge in [0.1, 0.15) is 0 Å². The molecule has 0 radical (unpaired) electrons. The summed E-state index contributed by atoms with van der Waals surface area (Å²) in [5.74, 6) is 0.425. The summed E-state index contributed by atoms with van der Waals surface area (Å²) >= 11 is 0. The van der Waals surface area contributed by atoms with Crippen LogP contribution in [0.1, 0.15) is 27.2 Å². The van der Waals surface area contributed by atoms with Gasteiger partial charge in [-0.05, 0) is 19.3 Å². The molecule has 1 heterocycles. The maximum absolute atomic E-state index is 11.5. The van der Waals surface area contributed by atoms with Crippen LogP contribution >= 0.6 is 0 Å². The van der Waals surface area contributed by atoms with Crippen molar-refractivity contribution in [3.63, 3.8) is 0 Å². The Bertz CT molecular complexity index is 260. The summed E-state index contributed by atoms with van der Waals surface area (Å²) in [6, 6.07) is -0.0844. The molecule has 0 aliphatic carbocycles. The van der Waals surface area contributed by atoms with Gasteiger partial charge in [0.2, 0.25) is 0 Å². The molecule has 0 aromatic carbocycles. The van der Waals surface area contributed by atoms with Crippen LogP contribution in [0.5, 0.6) is 0 Å². The molecule has 0 fully saturated rings. The average molecular weight is 197 g/mol. The van der Waals surface area contributed by atoms with Crippen LogP contribution in [0.15, 0.2) is 5.10 Å². The molecule has 0 bridgehead atoms. The molecule has 2 N–H and O–H groups in total. The van der Waals surface area contributed by atoms with Gasteiger partial charge in [-0.2, -0.15) is 5.10 Å². The van der Waals surface area contributed by atoms with E-state index in [0.717, 1.165) is 12.1 Å². The number of hydrogen-bond donors (Lipinski definition) is 1. The molecule has 1 aliphatic heterocycles. The molecule has 2 atom stereocenters. The topological polar surface area (TPSA) is 58.7 Å². The second-order valence-corrected chi connectivity index (χ2v) is 4.34. The maximum atomic E-state index is 11.5. The van der Waals surface area contributed by atoms with E-state index in [1.54, 1.807) is 7.05 Å². The fourth-order valence-corrected chi connectivity index (χ4v) is 1.74. The Morgan fingerprint density at radius 3 is 2.50 bits per heavy atom. The zero-order valence-electron chi connectivity index (χ0n) is 9.32. The van der Waals surface area contributed by atoms with Gasteiger partial charge in [0.25, 0.3) is 5.91 Å². The van der Waals surface area contributed by atoms with Crippen molar-refractivity contribution >= 4 is 11.6 Å². The molecule has 1 aliphatic rings. The largest absolute Gasteiger partial charge is 0.323 e. The monoisotopic (exact) mass is 197 g/mol. The van der Waals surface area contributed by atoms with Gasteiger partial charge in [-0.1, -0.05) is 13.8 Å². The van der Waals surface area contributed by atoms with E-state index in [9.17, 15) is 4.79 Å². The lowest BCUT2D eigenvalue weighted by Crippen LogP contribution is -2.36. The van der Waals surface area contributed by atoms with E-state index >= 15 is 0 Å². The molecule has 4 nitrogen and oxygen atoms in total. The molecular weight excluding hydrogens is 178 g/mol. The zero-order valence-corrected chi connectivity index (χ0v) is 9.32. The Morgan fingerprint density at radius 2 is 2.14 bits per heavy atom. The van der Waals surface area contributed by atoms with Gasteiger partial charge in [-0.15, -0.1) is 0 Å². The third-order valence-electron chi connectivity index (χ3n) is 2.50. The first-order valence-electron chi connectivity index (χ1n) is 5.05. The van der Waals surface area contributed by atoms with E-state index < -0.39 is 0 Å². The molecule has 0 aromatic heterocycles. The highest BCUT2D eigenvalue weighted by Crippen LogP contribution is 2.18. The SMILES string of the molecule is CC(C)C[C@@H](N)C1=NN(C)C(=O)C1C. The van der Waals surface area contributed by atoms with Crippen LogP contribution in [0, 0.1) is 11.8 Å². The minimum atomic E-state index is -0.145. The minimum Gasteiger partial charge on any atom is -0.323 e. The Labute approximate surface area is 85.1 Å². The number of rotatable bonds is 3. The number of nitrogens with two attached hydrogens (primary N) is 1. The Hall–Kier alpha value is -0.900. The predicted octanol–water partition coefficient (Wildman–Crippen LogP) is 0.824. The van der Waals surface area contributed by atoms with Gasteiger partial charge in [0.05, 0.1) is 11.6 Å². The highest BCUT2D eigenvalue weighted by Gasteiger charge is 2.33. The first-order chi connectivity index (χ1) is 6.43. The first kappa shape index (κ1) is 11.2. The summed E-state index contributed by atoms with van der Waals surface area (Å²) < 4.78 is 0. The van der Waals surface area contributed by atoms with Crippen LogP contribution in [0.4, 0.5) is 0 Å². The summed E-state index contributed by atoms with van der Waals surface area (Å²) in [7, 11) is 1.67. The summed E-state index contributed by atoms with van der Waals surface area (Å²) in [6.07, 6.45) is 0.879. The molecule has 0 saturated carbocycles. The van der Waals surface area contributed by atoms with Gasteiger partial charge in [0.15, 0.2) is 0 Å². The molecule has 1 amide bonds. The standard InChI is InChI=1S/C10H19N3O/c1-6(2)5-8(11)9-7(3)10(14)13(4)12-9/h6-8H,5,11H2,1-4H3/t7?,8-/m1/s1. The lowest BCUT2D eigenvalue weighted by molar-refractivity contribution is -0.130. The van der Waals surface area contributed by atoms with E-state index in [2.05, 4.69) is 18.9 Å². The molecule has 14 heavy (non-hydrogen) atoms. The number of hydrogen-bond acceptors (Lipinski definition) is 3. The molecule has 0 aromatic rings. The van der Waals surface area contributed by atoms with E-state index in [1.165, 1.54) is 5.01 Å². The highest BCUT2D eigenvalue weighted by atomic mass is 16.2. The van der Waals surface area contributed by atoms with Crippen molar-refractivity contribution in [2.45, 2.75) is 33.2 Å². The fourth-order valence-electron chi connectivity index (χ4n) is 1.74. The van der Waals surface area contributed by atoms with E-state index in [-0.39, 0.29) is 17.9 Å². The highest BCUT2D eigenvalue weighted by molar-refractivity contribution is 6.09. The Balaban J connectivity index is 2.69. The summed E-state index contributed by atoms with van der Waals surface area (Å²) in [5, 5.41) is 5.57. The quantitative estimate of drug-likeness (QED) is 0.728. The zero-order chi connectivity index (χ0) is 10.9. The van der Waals surface area contributed by atoms with Crippen LogP contribution in [-0.4, -0.2) is 29.7 Å². The molecule has 80 valence electrons. The van der Waals surface area contributed by atoms with E-state index in [0.29, 0.717) is 5.92 Å². The van der Waals surface area contributed by atoms with Crippen LogP contribution in [-0.2, 0) is 4.79 Å². The Morgan fingerprint density at radius 1 is 1.57 bits per heavy atom. The smallest absolute Gasteiger partial charge is 0.251 e. The predicted molar refractivity (Wildman–Crippen MR) is 56.8 cm³/mol. The van der Waals surface area contributed by atoms with Crippen molar-refractivity contribution in [1.82, 2.24) is 5.01 Å². The lowest BCUT2D eigenvalue weighted by Gasteiger charge is -2.15. The van der Waals surface area contributed by atoms with Crippen molar-refractivity contribution in [3.8, 4) is 0 Å². The number of hydrazone groups is 1. The first-order valence-corrected chi connectivity index (χ1v) is 5.05. The number of amides is 1. The number of nitrogens with zero attached hydrogens (tertiary/aromatic N) is 2. The lowest BCUT2D eigenvalue weighted by atomic mass is 9.93. The van der Waals surface area contributed by atoms with Gasteiger partial charge >= 0.3 is 0 Å². The summed E-state index contributed by atoms with van der Waals surface area (Å²) in [5.41, 5.74) is 6.81. The molecular formula is C10H19N3O. The second-order valence-electron chi connectivity index (χ2n) is 4.34. The average Bonchev–Trinajstić information content (AvgIpc) is 2.32. The molecule has 0 spiro atoms. The Kier molecular flexibility index (Phi) is 3.26. The third-order valence-corrected chi connectivity index (χ3v) is 2.50. The summed E-state index contributed by atoms with van der Waals surface area (Å²) in [6.45, 7) is 6.10. The molecule has 1 unspecified atom stereocenters. The van der Waals surface area contributed by atoms with Crippen molar-refractivity contribution < 1.29 is 4.79 Å². The summed E-state index contributed by atoms with van der Waals surface area (Å²) in [4.78, 5) is 11.5. The van der Waals surface area contributed by atoms with Gasteiger partial charge in [-0.25, -0.2) is 5.01 Å². The van der Waals surface area contributed by atoms with Crippen molar-refractivity contribution in [2.24, 2.45) is 22.7 Å². The normalized spacial score (nSPS) is 24.4. The maximum Gasteiger partial charge on any atom is 0.251 e. The van der Waals surface area contributed by atoms with Crippen molar-refractivity contribution in [2.75, 3.05) is 7.05 Å². The number of carbonyl (C=O) groups excluding carboxylic acids is 1. The van der Waals surface area contributed by atoms with Crippen LogP contribution in [0.2, 0.25) is 0 Å². The van der Waals surface area contributed by atoms with Gasteiger partial charge < -0.3 is 5.73 Å².